The van der Waals surface area contributed by atoms with Crippen LogP contribution in [0.1, 0.15) is 12.0 Å². The Hall–Kier alpha value is -0.540. The van der Waals surface area contributed by atoms with E-state index >= 15 is 0 Å². The van der Waals surface area contributed by atoms with E-state index in [0.29, 0.717) is 0 Å². The van der Waals surface area contributed by atoms with Crippen LogP contribution in [-0.2, 0) is 13.0 Å². The first kappa shape index (κ1) is 10.5. The van der Waals surface area contributed by atoms with Crippen LogP contribution in [0.2, 0.25) is 0 Å². The zero-order valence-electron chi connectivity index (χ0n) is 7.82. The summed E-state index contributed by atoms with van der Waals surface area (Å²) in [5.74, 6) is 0.882. The minimum atomic E-state index is 0.769. The fourth-order valence-electron chi connectivity index (χ4n) is 1.23. The Morgan fingerprint density at radius 2 is 2.00 bits per heavy atom. The van der Waals surface area contributed by atoms with E-state index in [1.807, 2.05) is 0 Å². The summed E-state index contributed by atoms with van der Waals surface area (Å²) in [6.07, 6.45) is 6.35. The van der Waals surface area contributed by atoms with Gasteiger partial charge in [-0.1, -0.05) is 0 Å². The van der Waals surface area contributed by atoms with Crippen LogP contribution in [0.3, 0.4) is 0 Å². The second-order valence-electron chi connectivity index (χ2n) is 3.06. The lowest BCUT2D eigenvalue weighted by molar-refractivity contribution is -0.692. The van der Waals surface area contributed by atoms with Gasteiger partial charge in [-0.15, -0.1) is 0 Å². The van der Waals surface area contributed by atoms with Crippen molar-refractivity contribution in [1.29, 1.82) is 0 Å². The number of pyridine rings is 1. The van der Waals surface area contributed by atoms with Gasteiger partial charge in [-0.2, -0.15) is 12.6 Å². The summed E-state index contributed by atoms with van der Waals surface area (Å²) in [5, 5.41) is 0. The Bertz CT molecular complexity index is 233. The maximum Gasteiger partial charge on any atom is 0.169 e. The van der Waals surface area contributed by atoms with Crippen LogP contribution in [-0.4, -0.2) is 12.3 Å². The highest BCUT2D eigenvalue weighted by Gasteiger charge is 1.98. The van der Waals surface area contributed by atoms with Gasteiger partial charge >= 0.3 is 0 Å². The van der Waals surface area contributed by atoms with Crippen LogP contribution in [0.4, 0.5) is 0 Å². The molecule has 0 aliphatic rings. The van der Waals surface area contributed by atoms with Crippen LogP contribution in [0.15, 0.2) is 24.5 Å². The highest BCUT2D eigenvalue weighted by molar-refractivity contribution is 7.80. The SMILES string of the molecule is NCCCc1cc[n+](CCS)cc1. The van der Waals surface area contributed by atoms with Crippen LogP contribution in [0.5, 0.6) is 0 Å². The normalized spacial score (nSPS) is 10.3. The van der Waals surface area contributed by atoms with Crippen molar-refractivity contribution in [3.63, 3.8) is 0 Å². The summed E-state index contributed by atoms with van der Waals surface area (Å²) in [6, 6.07) is 4.30. The molecule has 0 spiro atoms. The Kier molecular flexibility index (Phi) is 4.86. The van der Waals surface area contributed by atoms with Crippen LogP contribution >= 0.6 is 12.6 Å². The third-order valence-corrected chi connectivity index (χ3v) is 2.19. The van der Waals surface area contributed by atoms with Crippen molar-refractivity contribution in [2.45, 2.75) is 19.4 Å². The van der Waals surface area contributed by atoms with E-state index in [4.69, 9.17) is 5.73 Å². The lowest BCUT2D eigenvalue weighted by Gasteiger charge is -1.98. The maximum atomic E-state index is 5.44. The van der Waals surface area contributed by atoms with E-state index in [1.165, 1.54) is 5.56 Å². The maximum absolute atomic E-state index is 5.44. The summed E-state index contributed by atoms with van der Waals surface area (Å²) in [4.78, 5) is 0. The molecule has 0 radical (unpaired) electrons. The van der Waals surface area contributed by atoms with Gasteiger partial charge in [0.25, 0.3) is 0 Å². The van der Waals surface area contributed by atoms with Gasteiger partial charge in [0, 0.05) is 17.9 Å². The Morgan fingerprint density at radius 3 is 2.54 bits per heavy atom. The molecule has 0 unspecified atom stereocenters. The smallest absolute Gasteiger partial charge is 0.169 e. The average Bonchev–Trinajstić information content (AvgIpc) is 2.17. The molecule has 0 atom stereocenters. The predicted molar refractivity (Wildman–Crippen MR) is 57.9 cm³/mol. The molecule has 13 heavy (non-hydrogen) atoms. The second-order valence-corrected chi connectivity index (χ2v) is 3.51. The Labute approximate surface area is 85.2 Å². The number of hydrogen-bond donors (Lipinski definition) is 2. The van der Waals surface area contributed by atoms with Gasteiger partial charge in [-0.3, -0.25) is 0 Å². The molecule has 1 heterocycles. The minimum Gasteiger partial charge on any atom is -0.330 e. The number of hydrogen-bond acceptors (Lipinski definition) is 2. The van der Waals surface area contributed by atoms with E-state index in [-0.39, 0.29) is 0 Å². The van der Waals surface area contributed by atoms with E-state index < -0.39 is 0 Å². The Balaban J connectivity index is 2.48. The van der Waals surface area contributed by atoms with Gasteiger partial charge in [0.1, 0.15) is 0 Å². The largest absolute Gasteiger partial charge is 0.330 e. The fraction of sp³-hybridized carbons (Fsp3) is 0.500. The van der Waals surface area contributed by atoms with Gasteiger partial charge in [-0.25, -0.2) is 4.57 Å². The third kappa shape index (κ3) is 3.79. The molecule has 0 saturated carbocycles. The number of thiol groups is 1. The first-order chi connectivity index (χ1) is 6.36. The highest BCUT2D eigenvalue weighted by atomic mass is 32.1. The van der Waals surface area contributed by atoms with Crippen LogP contribution in [0, 0.1) is 0 Å². The number of rotatable bonds is 5. The molecule has 0 saturated heterocycles. The Morgan fingerprint density at radius 1 is 1.31 bits per heavy atom. The molecular formula is C10H17N2S+. The van der Waals surface area contributed by atoms with Crippen molar-refractivity contribution in [1.82, 2.24) is 0 Å². The van der Waals surface area contributed by atoms with Crippen molar-refractivity contribution in [2.75, 3.05) is 12.3 Å². The molecule has 0 bridgehead atoms. The quantitative estimate of drug-likeness (QED) is 0.530. The summed E-state index contributed by atoms with van der Waals surface area (Å²) in [5.41, 5.74) is 6.80. The van der Waals surface area contributed by atoms with Gasteiger partial charge in [0.15, 0.2) is 18.9 Å². The molecule has 0 aliphatic heterocycles. The zero-order valence-corrected chi connectivity index (χ0v) is 8.71. The van der Waals surface area contributed by atoms with Crippen molar-refractivity contribution >= 4 is 12.6 Å². The van der Waals surface area contributed by atoms with Crippen LogP contribution in [0.25, 0.3) is 0 Å². The molecule has 0 aliphatic carbocycles. The van der Waals surface area contributed by atoms with Gasteiger partial charge in [-0.05, 0) is 24.9 Å². The summed E-state index contributed by atoms with van der Waals surface area (Å²) >= 11 is 4.18. The molecule has 72 valence electrons. The lowest BCUT2D eigenvalue weighted by atomic mass is 10.1. The summed E-state index contributed by atoms with van der Waals surface area (Å²) in [7, 11) is 0. The third-order valence-electron chi connectivity index (χ3n) is 1.99. The van der Waals surface area contributed by atoms with E-state index in [9.17, 15) is 0 Å². The first-order valence-corrected chi connectivity index (χ1v) is 5.29. The van der Waals surface area contributed by atoms with E-state index in [2.05, 4.69) is 41.7 Å². The van der Waals surface area contributed by atoms with Crippen molar-refractivity contribution < 1.29 is 4.57 Å². The topological polar surface area (TPSA) is 29.9 Å². The van der Waals surface area contributed by atoms with Crippen LogP contribution < -0.4 is 10.3 Å². The van der Waals surface area contributed by atoms with Crippen molar-refractivity contribution in [2.24, 2.45) is 5.73 Å². The van der Waals surface area contributed by atoms with Crippen molar-refractivity contribution in [3.05, 3.63) is 30.1 Å². The summed E-state index contributed by atoms with van der Waals surface area (Å²) in [6.45, 7) is 1.74. The molecule has 2 nitrogen and oxygen atoms in total. The summed E-state index contributed by atoms with van der Waals surface area (Å²) < 4.78 is 2.14. The highest BCUT2D eigenvalue weighted by Crippen LogP contribution is 1.98. The minimum absolute atomic E-state index is 0.769. The van der Waals surface area contributed by atoms with Gasteiger partial charge in [0.05, 0.1) is 0 Å². The first-order valence-electron chi connectivity index (χ1n) is 4.65. The standard InChI is InChI=1S/C10H16N2S/c11-5-1-2-10-3-6-12(7-4-10)8-9-13/h3-4,6-7H,1-2,5,8-9,11H2/p+1. The molecule has 0 fully saturated rings. The van der Waals surface area contributed by atoms with E-state index in [1.54, 1.807) is 0 Å². The second kappa shape index (κ2) is 6.00. The molecule has 0 aromatic carbocycles. The monoisotopic (exact) mass is 197 g/mol. The lowest BCUT2D eigenvalue weighted by Crippen LogP contribution is -2.33. The molecule has 1 aromatic rings. The molecule has 1 aromatic heterocycles. The van der Waals surface area contributed by atoms with Crippen molar-refractivity contribution in [3.8, 4) is 0 Å². The average molecular weight is 197 g/mol. The molecule has 0 amide bonds. The number of aromatic nitrogens is 1. The fourth-order valence-corrected chi connectivity index (χ4v) is 1.46. The molecular weight excluding hydrogens is 180 g/mol. The van der Waals surface area contributed by atoms with Gasteiger partial charge in [0.2, 0.25) is 0 Å². The number of nitrogens with zero attached hydrogens (tertiary/aromatic N) is 1. The molecule has 3 heteroatoms. The zero-order chi connectivity index (χ0) is 9.52. The number of nitrogens with two attached hydrogens (primary N) is 1. The molecule has 2 N–H and O–H groups in total. The van der Waals surface area contributed by atoms with E-state index in [0.717, 1.165) is 31.7 Å². The predicted octanol–water partition coefficient (Wildman–Crippen LogP) is 0.795. The van der Waals surface area contributed by atoms with Gasteiger partial charge < -0.3 is 5.73 Å². The molecule has 1 rings (SSSR count). The number of aryl methyl sites for hydroxylation is 2.